The quantitative estimate of drug-likeness (QED) is 0.204. The Morgan fingerprint density at radius 1 is 1.21 bits per heavy atom. The predicted octanol–water partition coefficient (Wildman–Crippen LogP) is 5.44. The van der Waals surface area contributed by atoms with Crippen molar-refractivity contribution in [2.75, 3.05) is 30.8 Å². The number of rotatable bonds is 10. The molecular weight excluding hydrogens is 568 g/mol. The number of halogens is 1. The molecule has 2 atom stereocenters. The van der Waals surface area contributed by atoms with Crippen molar-refractivity contribution in [1.82, 2.24) is 14.9 Å². The number of aliphatic hydroxyl groups is 1. The van der Waals surface area contributed by atoms with Crippen molar-refractivity contribution < 1.29 is 19.4 Å². The topological polar surface area (TPSA) is 133 Å². The second kappa shape index (κ2) is 13.5. The molecule has 0 radical (unpaired) electrons. The van der Waals surface area contributed by atoms with E-state index in [0.29, 0.717) is 69.6 Å². The van der Waals surface area contributed by atoms with Crippen molar-refractivity contribution >= 4 is 45.5 Å². The molecule has 3 N–H and O–H groups in total. The minimum absolute atomic E-state index is 0.0273. The van der Waals surface area contributed by atoms with Gasteiger partial charge in [-0.15, -0.1) is 0 Å². The number of carbonyl (C=O) groups excluding carboxylic acids is 1. The number of nitriles is 1. The van der Waals surface area contributed by atoms with Gasteiger partial charge < -0.3 is 25.2 Å². The summed E-state index contributed by atoms with van der Waals surface area (Å²) in [4.78, 5) is 23.6. The molecule has 0 aliphatic carbocycles. The molecule has 43 heavy (non-hydrogen) atoms. The van der Waals surface area contributed by atoms with Crippen LogP contribution in [0.3, 0.4) is 0 Å². The highest BCUT2D eigenvalue weighted by molar-refractivity contribution is 6.32. The van der Waals surface area contributed by atoms with Crippen LogP contribution >= 0.6 is 11.6 Å². The van der Waals surface area contributed by atoms with Crippen LogP contribution in [0.4, 0.5) is 17.1 Å². The monoisotopic (exact) mass is 598 g/mol. The Kier molecular flexibility index (Phi) is 9.37. The lowest BCUT2D eigenvalue weighted by Crippen LogP contribution is -2.23. The number of amides is 1. The average molecular weight is 599 g/mol. The normalized spacial score (nSPS) is 16.7. The van der Waals surface area contributed by atoms with Crippen LogP contribution < -0.4 is 20.1 Å². The number of benzene rings is 2. The third kappa shape index (κ3) is 7.21. The standard InChI is InChI=1S/C32H31ClN6O4/c1-3-42-30-15-27-25(14-28(30)38-31(41)10-8-23-13-24(40)18-39(23)2)32(20(16-34)17-36-27)37-21-7-9-29(26(33)12-21)43-19-22-6-4-5-11-35-22/h4-12,14-15,17,23-24,40H,3,13,18-19H2,1-2H3,(H,36,37)(H,38,41)/b10-8+. The molecule has 10 nitrogen and oxygen atoms in total. The number of pyridine rings is 2. The lowest BCUT2D eigenvalue weighted by atomic mass is 10.1. The number of hydrogen-bond donors (Lipinski definition) is 3. The minimum atomic E-state index is -0.411. The van der Waals surface area contributed by atoms with E-state index in [1.807, 2.05) is 37.1 Å². The van der Waals surface area contributed by atoms with Crippen molar-refractivity contribution in [3.8, 4) is 17.6 Å². The van der Waals surface area contributed by atoms with Gasteiger partial charge >= 0.3 is 0 Å². The van der Waals surface area contributed by atoms with Gasteiger partial charge in [-0.1, -0.05) is 23.7 Å². The Labute approximate surface area is 254 Å². The highest BCUT2D eigenvalue weighted by Crippen LogP contribution is 2.37. The molecule has 1 amide bonds. The summed E-state index contributed by atoms with van der Waals surface area (Å²) in [6.45, 7) is 3.06. The van der Waals surface area contributed by atoms with Gasteiger partial charge in [0.25, 0.3) is 0 Å². The summed E-state index contributed by atoms with van der Waals surface area (Å²) in [5.41, 5.74) is 3.22. The summed E-state index contributed by atoms with van der Waals surface area (Å²) in [6, 6.07) is 16.5. The van der Waals surface area contributed by atoms with Gasteiger partial charge in [-0.05, 0) is 56.8 Å². The molecule has 11 heteroatoms. The molecule has 0 saturated carbocycles. The summed E-state index contributed by atoms with van der Waals surface area (Å²) >= 11 is 6.54. The van der Waals surface area contributed by atoms with Crippen LogP contribution in [0.15, 0.2) is 73.1 Å². The van der Waals surface area contributed by atoms with E-state index in [2.05, 4.69) is 26.7 Å². The Bertz CT molecular complexity index is 1690. The fraction of sp³-hybridized carbons (Fsp3) is 0.250. The molecule has 2 aromatic carbocycles. The number of hydrogen-bond acceptors (Lipinski definition) is 9. The summed E-state index contributed by atoms with van der Waals surface area (Å²) in [5, 5.41) is 27.0. The fourth-order valence-corrected chi connectivity index (χ4v) is 5.12. The maximum absolute atomic E-state index is 12.9. The molecule has 2 aromatic heterocycles. The third-order valence-electron chi connectivity index (χ3n) is 7.00. The molecule has 220 valence electrons. The number of fused-ring (bicyclic) bond motifs is 1. The molecule has 4 aromatic rings. The first-order valence-electron chi connectivity index (χ1n) is 13.8. The van der Waals surface area contributed by atoms with Crippen molar-refractivity contribution in [2.24, 2.45) is 0 Å². The molecule has 0 bridgehead atoms. The highest BCUT2D eigenvalue weighted by Gasteiger charge is 2.26. The number of nitrogens with one attached hydrogen (secondary N) is 2. The van der Waals surface area contributed by atoms with Crippen LogP contribution in [0.2, 0.25) is 5.02 Å². The van der Waals surface area contributed by atoms with E-state index in [1.165, 1.54) is 12.3 Å². The van der Waals surface area contributed by atoms with Gasteiger partial charge in [-0.2, -0.15) is 5.26 Å². The zero-order valence-corrected chi connectivity index (χ0v) is 24.5. The van der Waals surface area contributed by atoms with Gasteiger partial charge in [0.05, 0.1) is 45.9 Å². The fourth-order valence-electron chi connectivity index (χ4n) is 4.89. The summed E-state index contributed by atoms with van der Waals surface area (Å²) < 4.78 is 11.6. The van der Waals surface area contributed by atoms with Gasteiger partial charge in [-0.25, -0.2) is 0 Å². The number of anilines is 3. The number of nitrogens with zero attached hydrogens (tertiary/aromatic N) is 4. The summed E-state index contributed by atoms with van der Waals surface area (Å²) in [7, 11) is 1.91. The van der Waals surface area contributed by atoms with Crippen LogP contribution in [0, 0.1) is 11.3 Å². The van der Waals surface area contributed by atoms with Gasteiger partial charge in [0.1, 0.15) is 24.2 Å². The number of likely N-dealkylation sites (tertiary alicyclic amines) is 1. The van der Waals surface area contributed by atoms with Crippen molar-refractivity contribution in [3.63, 3.8) is 0 Å². The lowest BCUT2D eigenvalue weighted by Gasteiger charge is -2.17. The van der Waals surface area contributed by atoms with Crippen molar-refractivity contribution in [1.29, 1.82) is 5.26 Å². The van der Waals surface area contributed by atoms with Crippen molar-refractivity contribution in [3.05, 3.63) is 89.4 Å². The van der Waals surface area contributed by atoms with Gasteiger partial charge in [0.2, 0.25) is 5.91 Å². The first-order valence-corrected chi connectivity index (χ1v) is 14.2. The Balaban J connectivity index is 1.41. The SMILES string of the molecule is CCOc1cc2ncc(C#N)c(Nc3ccc(OCc4ccccn4)c(Cl)c3)c2cc1NC(=O)/C=C/C1CC(O)CN1C. The largest absolute Gasteiger partial charge is 0.492 e. The molecule has 1 fully saturated rings. The molecule has 5 rings (SSSR count). The first-order chi connectivity index (χ1) is 20.8. The van der Waals surface area contributed by atoms with Crippen LogP contribution in [0.1, 0.15) is 24.6 Å². The molecule has 1 aliphatic heterocycles. The van der Waals surface area contributed by atoms with E-state index < -0.39 is 6.10 Å². The van der Waals surface area contributed by atoms with Crippen LogP contribution in [-0.4, -0.2) is 58.2 Å². The summed E-state index contributed by atoms with van der Waals surface area (Å²) in [6.07, 6.45) is 6.58. The molecule has 0 spiro atoms. The number of likely N-dealkylation sites (N-methyl/N-ethyl adjacent to an activating group) is 1. The molecule has 1 aliphatic rings. The number of aromatic nitrogens is 2. The van der Waals surface area contributed by atoms with E-state index in [-0.39, 0.29) is 18.6 Å². The minimum Gasteiger partial charge on any atom is -0.492 e. The van der Waals surface area contributed by atoms with E-state index in [4.69, 9.17) is 21.1 Å². The summed E-state index contributed by atoms with van der Waals surface area (Å²) in [5.74, 6) is 0.600. The van der Waals surface area contributed by atoms with Gasteiger partial charge in [0, 0.05) is 48.2 Å². The van der Waals surface area contributed by atoms with E-state index in [0.717, 1.165) is 5.69 Å². The third-order valence-corrected chi connectivity index (χ3v) is 7.29. The molecule has 2 unspecified atom stereocenters. The number of ether oxygens (including phenoxy) is 2. The molecule has 3 heterocycles. The smallest absolute Gasteiger partial charge is 0.248 e. The van der Waals surface area contributed by atoms with E-state index >= 15 is 0 Å². The van der Waals surface area contributed by atoms with Crippen LogP contribution in [0.25, 0.3) is 10.9 Å². The van der Waals surface area contributed by atoms with Gasteiger partial charge in [0.15, 0.2) is 0 Å². The zero-order chi connectivity index (χ0) is 30.3. The van der Waals surface area contributed by atoms with Crippen LogP contribution in [-0.2, 0) is 11.4 Å². The lowest BCUT2D eigenvalue weighted by molar-refractivity contribution is -0.112. The highest BCUT2D eigenvalue weighted by atomic mass is 35.5. The second-order valence-electron chi connectivity index (χ2n) is 10.1. The number of aliphatic hydroxyl groups excluding tert-OH is 1. The van der Waals surface area contributed by atoms with E-state index in [1.54, 1.807) is 42.6 Å². The predicted molar refractivity (Wildman–Crippen MR) is 166 cm³/mol. The zero-order valence-electron chi connectivity index (χ0n) is 23.8. The van der Waals surface area contributed by atoms with Crippen molar-refractivity contribution in [2.45, 2.75) is 32.1 Å². The Hall–Kier alpha value is -4.69. The number of β-amino-alcohol motifs (C(OH)–C–C–N with tert-alkyl or cyclic N) is 1. The molecule has 1 saturated heterocycles. The Morgan fingerprint density at radius 3 is 2.77 bits per heavy atom. The first kappa shape index (κ1) is 29.8. The average Bonchev–Trinajstić information content (AvgIpc) is 3.33. The van der Waals surface area contributed by atoms with Crippen LogP contribution in [0.5, 0.6) is 11.5 Å². The molecular formula is C32H31ClN6O4. The van der Waals surface area contributed by atoms with E-state index in [9.17, 15) is 15.2 Å². The number of carbonyl (C=O) groups is 1. The van der Waals surface area contributed by atoms with Gasteiger partial charge in [-0.3, -0.25) is 19.7 Å². The Morgan fingerprint density at radius 2 is 2.07 bits per heavy atom. The maximum atomic E-state index is 12.9. The second-order valence-corrected chi connectivity index (χ2v) is 10.5. The maximum Gasteiger partial charge on any atom is 0.248 e.